The van der Waals surface area contributed by atoms with Crippen molar-refractivity contribution in [2.45, 2.75) is 19.8 Å². The molecule has 0 atom stereocenters. The molecule has 0 amide bonds. The summed E-state index contributed by atoms with van der Waals surface area (Å²) in [5.74, 6) is 0.532. The van der Waals surface area contributed by atoms with Gasteiger partial charge in [-0.1, -0.05) is 62.4 Å². The fraction of sp³-hybridized carbons (Fsp3) is 0.188. The Labute approximate surface area is 102 Å². The number of carbonyl (C=O) groups is 1. The first kappa shape index (κ1) is 11.6. The van der Waals surface area contributed by atoms with Gasteiger partial charge < -0.3 is 0 Å². The third kappa shape index (κ3) is 2.62. The highest BCUT2D eigenvalue weighted by molar-refractivity contribution is 5.77. The smallest absolute Gasteiger partial charge is 0.150 e. The quantitative estimate of drug-likeness (QED) is 0.711. The SMILES string of the molecule is CC(C)c1cccc(-c2ccc(C=O)cc2)c1. The predicted octanol–water partition coefficient (Wildman–Crippen LogP) is 4.29. The summed E-state index contributed by atoms with van der Waals surface area (Å²) in [6.07, 6.45) is 0.869. The summed E-state index contributed by atoms with van der Waals surface area (Å²) in [4.78, 5) is 10.6. The predicted molar refractivity (Wildman–Crippen MR) is 71.4 cm³/mol. The summed E-state index contributed by atoms with van der Waals surface area (Å²) in [7, 11) is 0. The minimum Gasteiger partial charge on any atom is -0.298 e. The Kier molecular flexibility index (Phi) is 3.38. The van der Waals surface area contributed by atoms with Crippen molar-refractivity contribution < 1.29 is 4.79 Å². The van der Waals surface area contributed by atoms with Crippen LogP contribution >= 0.6 is 0 Å². The lowest BCUT2D eigenvalue weighted by molar-refractivity contribution is 0.112. The van der Waals surface area contributed by atoms with E-state index in [1.54, 1.807) is 0 Å². The van der Waals surface area contributed by atoms with Gasteiger partial charge in [0.1, 0.15) is 6.29 Å². The van der Waals surface area contributed by atoms with Crippen LogP contribution in [0.2, 0.25) is 0 Å². The zero-order valence-corrected chi connectivity index (χ0v) is 10.2. The van der Waals surface area contributed by atoms with Crippen molar-refractivity contribution >= 4 is 6.29 Å². The van der Waals surface area contributed by atoms with Gasteiger partial charge in [-0.05, 0) is 22.6 Å². The molecule has 1 nitrogen and oxygen atoms in total. The van der Waals surface area contributed by atoms with Gasteiger partial charge in [-0.15, -0.1) is 0 Å². The molecule has 86 valence electrons. The molecule has 2 aromatic carbocycles. The maximum Gasteiger partial charge on any atom is 0.150 e. The van der Waals surface area contributed by atoms with Crippen molar-refractivity contribution in [2.75, 3.05) is 0 Å². The van der Waals surface area contributed by atoms with Gasteiger partial charge in [0, 0.05) is 5.56 Å². The summed E-state index contributed by atoms with van der Waals surface area (Å²) in [5, 5.41) is 0. The molecule has 0 heterocycles. The molecule has 1 heteroatoms. The number of aldehydes is 1. The van der Waals surface area contributed by atoms with Crippen LogP contribution in [0.1, 0.15) is 35.7 Å². The van der Waals surface area contributed by atoms with Gasteiger partial charge in [0.2, 0.25) is 0 Å². The highest BCUT2D eigenvalue weighted by Crippen LogP contribution is 2.24. The summed E-state index contributed by atoms with van der Waals surface area (Å²) >= 11 is 0. The summed E-state index contributed by atoms with van der Waals surface area (Å²) in [6, 6.07) is 16.2. The monoisotopic (exact) mass is 224 g/mol. The van der Waals surface area contributed by atoms with E-state index in [1.807, 2.05) is 24.3 Å². The molecular weight excluding hydrogens is 208 g/mol. The van der Waals surface area contributed by atoms with Gasteiger partial charge in [0.15, 0.2) is 0 Å². The Bertz CT molecular complexity index is 509. The van der Waals surface area contributed by atoms with Gasteiger partial charge in [-0.25, -0.2) is 0 Å². The van der Waals surface area contributed by atoms with Crippen LogP contribution < -0.4 is 0 Å². The molecule has 0 fully saturated rings. The fourth-order valence-electron chi connectivity index (χ4n) is 1.83. The van der Waals surface area contributed by atoms with Crippen LogP contribution in [-0.4, -0.2) is 6.29 Å². The van der Waals surface area contributed by atoms with Crippen molar-refractivity contribution in [1.82, 2.24) is 0 Å². The zero-order chi connectivity index (χ0) is 12.3. The summed E-state index contributed by atoms with van der Waals surface area (Å²) in [6.45, 7) is 4.38. The Hall–Kier alpha value is -1.89. The third-order valence-corrected chi connectivity index (χ3v) is 2.93. The molecule has 17 heavy (non-hydrogen) atoms. The maximum atomic E-state index is 10.6. The van der Waals surface area contributed by atoms with Crippen LogP contribution in [0.4, 0.5) is 0 Å². The van der Waals surface area contributed by atoms with E-state index in [4.69, 9.17) is 0 Å². The lowest BCUT2D eigenvalue weighted by atomic mass is 9.97. The van der Waals surface area contributed by atoms with Gasteiger partial charge in [0.05, 0.1) is 0 Å². The van der Waals surface area contributed by atoms with Crippen LogP contribution in [0.15, 0.2) is 48.5 Å². The molecule has 0 bridgehead atoms. The summed E-state index contributed by atoms with van der Waals surface area (Å²) in [5.41, 5.74) is 4.41. The summed E-state index contributed by atoms with van der Waals surface area (Å²) < 4.78 is 0. The molecule has 0 unspecified atom stereocenters. The van der Waals surface area contributed by atoms with E-state index < -0.39 is 0 Å². The molecule has 0 saturated heterocycles. The van der Waals surface area contributed by atoms with Gasteiger partial charge >= 0.3 is 0 Å². The van der Waals surface area contributed by atoms with E-state index in [1.165, 1.54) is 11.1 Å². The average molecular weight is 224 g/mol. The first-order chi connectivity index (χ1) is 8.20. The van der Waals surface area contributed by atoms with Gasteiger partial charge in [0.25, 0.3) is 0 Å². The molecule has 2 aromatic rings. The first-order valence-corrected chi connectivity index (χ1v) is 5.86. The van der Waals surface area contributed by atoms with Crippen LogP contribution in [0.25, 0.3) is 11.1 Å². The number of benzene rings is 2. The second kappa shape index (κ2) is 4.96. The van der Waals surface area contributed by atoms with Gasteiger partial charge in [-0.2, -0.15) is 0 Å². The molecular formula is C16H16O. The van der Waals surface area contributed by atoms with Crippen LogP contribution in [0.5, 0.6) is 0 Å². The lowest BCUT2D eigenvalue weighted by Gasteiger charge is -2.08. The van der Waals surface area contributed by atoms with Crippen molar-refractivity contribution in [3.05, 3.63) is 59.7 Å². The van der Waals surface area contributed by atoms with E-state index in [0.29, 0.717) is 11.5 Å². The zero-order valence-electron chi connectivity index (χ0n) is 10.2. The molecule has 0 aliphatic heterocycles. The molecule has 0 radical (unpaired) electrons. The second-order valence-electron chi connectivity index (χ2n) is 4.52. The standard InChI is InChI=1S/C16H16O/c1-12(2)15-4-3-5-16(10-15)14-8-6-13(11-17)7-9-14/h3-12H,1-2H3. The average Bonchev–Trinajstić information content (AvgIpc) is 2.39. The minimum atomic E-state index is 0.532. The molecule has 0 aliphatic carbocycles. The van der Waals surface area contributed by atoms with E-state index in [2.05, 4.69) is 38.1 Å². The van der Waals surface area contributed by atoms with Crippen LogP contribution in [0.3, 0.4) is 0 Å². The molecule has 0 aromatic heterocycles. The Morgan fingerprint density at radius 2 is 1.65 bits per heavy atom. The molecule has 0 spiro atoms. The number of carbonyl (C=O) groups excluding carboxylic acids is 1. The normalized spacial score (nSPS) is 10.5. The van der Waals surface area contributed by atoms with Gasteiger partial charge in [-0.3, -0.25) is 4.79 Å². The maximum absolute atomic E-state index is 10.6. The molecule has 2 rings (SSSR count). The van der Waals surface area contributed by atoms with Crippen molar-refractivity contribution in [3.63, 3.8) is 0 Å². The topological polar surface area (TPSA) is 17.1 Å². The fourth-order valence-corrected chi connectivity index (χ4v) is 1.83. The van der Waals surface area contributed by atoms with E-state index in [0.717, 1.165) is 11.8 Å². The second-order valence-corrected chi connectivity index (χ2v) is 4.52. The number of rotatable bonds is 3. The van der Waals surface area contributed by atoms with E-state index in [-0.39, 0.29) is 0 Å². The Morgan fingerprint density at radius 3 is 2.24 bits per heavy atom. The van der Waals surface area contributed by atoms with Crippen molar-refractivity contribution in [3.8, 4) is 11.1 Å². The van der Waals surface area contributed by atoms with Crippen molar-refractivity contribution in [2.24, 2.45) is 0 Å². The first-order valence-electron chi connectivity index (χ1n) is 5.86. The molecule has 0 aliphatic rings. The van der Waals surface area contributed by atoms with Crippen LogP contribution in [0, 0.1) is 0 Å². The highest BCUT2D eigenvalue weighted by atomic mass is 16.1. The molecule has 0 N–H and O–H groups in total. The highest BCUT2D eigenvalue weighted by Gasteiger charge is 2.02. The van der Waals surface area contributed by atoms with E-state index >= 15 is 0 Å². The Morgan fingerprint density at radius 1 is 0.941 bits per heavy atom. The minimum absolute atomic E-state index is 0.532. The molecule has 0 saturated carbocycles. The van der Waals surface area contributed by atoms with Crippen molar-refractivity contribution in [1.29, 1.82) is 0 Å². The lowest BCUT2D eigenvalue weighted by Crippen LogP contribution is -1.88. The van der Waals surface area contributed by atoms with E-state index in [9.17, 15) is 4.79 Å². The third-order valence-electron chi connectivity index (χ3n) is 2.93. The number of hydrogen-bond acceptors (Lipinski definition) is 1. The largest absolute Gasteiger partial charge is 0.298 e. The number of hydrogen-bond donors (Lipinski definition) is 0. The Balaban J connectivity index is 2.38. The van der Waals surface area contributed by atoms with Crippen LogP contribution in [-0.2, 0) is 0 Å².